The van der Waals surface area contributed by atoms with Crippen molar-refractivity contribution in [3.63, 3.8) is 0 Å². The molecule has 2 rings (SSSR count). The second-order valence-corrected chi connectivity index (χ2v) is 5.51. The Bertz CT molecular complexity index is 576. The maximum Gasteiger partial charge on any atom is 0.139 e. The molecule has 1 heterocycles. The molecule has 0 N–H and O–H groups in total. The number of Topliss-reactive ketones (excluding diaryl/α,β-unsaturated/α-hetero) is 1. The average Bonchev–Trinajstić information content (AvgIpc) is 2.71. The number of carbonyl (C=O) groups is 1. The molecule has 1 aromatic carbocycles. The van der Waals surface area contributed by atoms with Crippen molar-refractivity contribution in [2.45, 2.75) is 34.1 Å². The normalized spacial score (nSPS) is 11.0. The first-order valence-electron chi connectivity index (χ1n) is 6.74. The van der Waals surface area contributed by atoms with Gasteiger partial charge >= 0.3 is 0 Å². The van der Waals surface area contributed by atoms with Crippen LogP contribution in [0.2, 0.25) is 0 Å². The first-order chi connectivity index (χ1) is 8.97. The second-order valence-electron chi connectivity index (χ2n) is 5.51. The Morgan fingerprint density at radius 2 is 1.74 bits per heavy atom. The molecule has 19 heavy (non-hydrogen) atoms. The van der Waals surface area contributed by atoms with Crippen molar-refractivity contribution in [3.8, 4) is 5.69 Å². The fraction of sp³-hybridized carbons (Fsp3) is 0.353. The van der Waals surface area contributed by atoms with Crippen LogP contribution < -0.4 is 0 Å². The molecule has 0 fully saturated rings. The smallest absolute Gasteiger partial charge is 0.139 e. The van der Waals surface area contributed by atoms with E-state index in [1.54, 1.807) is 0 Å². The number of aromatic nitrogens is 1. The molecule has 1 aromatic heterocycles. The quantitative estimate of drug-likeness (QED) is 0.813. The molecule has 0 saturated carbocycles. The molecule has 2 heteroatoms. The Morgan fingerprint density at radius 3 is 2.32 bits per heavy atom. The Kier molecular flexibility index (Phi) is 3.89. The van der Waals surface area contributed by atoms with Gasteiger partial charge in [0.05, 0.1) is 0 Å². The van der Waals surface area contributed by atoms with E-state index in [9.17, 15) is 4.79 Å². The molecule has 100 valence electrons. The van der Waals surface area contributed by atoms with Crippen molar-refractivity contribution in [2.24, 2.45) is 5.92 Å². The molecule has 0 aliphatic heterocycles. The van der Waals surface area contributed by atoms with Gasteiger partial charge < -0.3 is 4.57 Å². The summed E-state index contributed by atoms with van der Waals surface area (Å²) in [6, 6.07) is 8.40. The molecule has 0 amide bonds. The van der Waals surface area contributed by atoms with Crippen LogP contribution in [0, 0.1) is 19.8 Å². The van der Waals surface area contributed by atoms with Crippen molar-refractivity contribution in [1.82, 2.24) is 4.57 Å². The molecule has 0 aliphatic rings. The molecule has 0 unspecified atom stereocenters. The third-order valence-electron chi connectivity index (χ3n) is 3.47. The van der Waals surface area contributed by atoms with Gasteiger partial charge in [-0.1, -0.05) is 31.5 Å². The zero-order valence-corrected chi connectivity index (χ0v) is 12.1. The largest absolute Gasteiger partial charge is 0.323 e. The van der Waals surface area contributed by atoms with Crippen LogP contribution in [0.4, 0.5) is 0 Å². The predicted molar refractivity (Wildman–Crippen MR) is 78.8 cm³/mol. The van der Waals surface area contributed by atoms with Crippen molar-refractivity contribution in [1.29, 1.82) is 0 Å². The Balaban J connectivity index is 2.26. The standard InChI is InChI=1S/C17H21NO/c1-12(2)17(19)9-15-11-18(10-14(15)4)16-7-5-13(3)6-8-16/h5-8,10-12H,9H2,1-4H3. The van der Waals surface area contributed by atoms with Gasteiger partial charge in [-0.3, -0.25) is 4.79 Å². The summed E-state index contributed by atoms with van der Waals surface area (Å²) >= 11 is 0. The summed E-state index contributed by atoms with van der Waals surface area (Å²) in [5.74, 6) is 0.395. The first kappa shape index (κ1) is 13.6. The van der Waals surface area contributed by atoms with E-state index in [1.807, 2.05) is 13.8 Å². The summed E-state index contributed by atoms with van der Waals surface area (Å²) in [4.78, 5) is 11.8. The highest BCUT2D eigenvalue weighted by Crippen LogP contribution is 2.17. The first-order valence-corrected chi connectivity index (χ1v) is 6.74. The minimum Gasteiger partial charge on any atom is -0.323 e. The highest BCUT2D eigenvalue weighted by molar-refractivity contribution is 5.82. The predicted octanol–water partition coefficient (Wildman–Crippen LogP) is 3.86. The molecule has 0 bridgehead atoms. The lowest BCUT2D eigenvalue weighted by Crippen LogP contribution is -2.10. The maximum atomic E-state index is 11.8. The van der Waals surface area contributed by atoms with E-state index >= 15 is 0 Å². The molecular weight excluding hydrogens is 234 g/mol. The SMILES string of the molecule is Cc1ccc(-n2cc(C)c(CC(=O)C(C)C)c2)cc1. The number of aryl methyl sites for hydroxylation is 2. The summed E-state index contributed by atoms with van der Waals surface area (Å²) in [5, 5.41) is 0. The molecule has 0 saturated heterocycles. The maximum absolute atomic E-state index is 11.8. The number of benzene rings is 1. The molecule has 0 aliphatic carbocycles. The minimum atomic E-state index is 0.0992. The van der Waals surface area contributed by atoms with Crippen LogP contribution in [-0.2, 0) is 11.2 Å². The molecule has 2 aromatic rings. The van der Waals surface area contributed by atoms with Gasteiger partial charge in [0, 0.05) is 30.4 Å². The van der Waals surface area contributed by atoms with Crippen LogP contribution in [0.1, 0.15) is 30.5 Å². The third kappa shape index (κ3) is 3.14. The van der Waals surface area contributed by atoms with Gasteiger partial charge in [-0.05, 0) is 37.1 Å². The van der Waals surface area contributed by atoms with Crippen molar-refractivity contribution in [2.75, 3.05) is 0 Å². The fourth-order valence-electron chi connectivity index (χ4n) is 2.04. The molecular formula is C17H21NO. The number of hydrogen-bond donors (Lipinski definition) is 0. The minimum absolute atomic E-state index is 0.0992. The van der Waals surface area contributed by atoms with Gasteiger partial charge in [-0.2, -0.15) is 0 Å². The van der Waals surface area contributed by atoms with Gasteiger partial charge in [0.2, 0.25) is 0 Å². The monoisotopic (exact) mass is 255 g/mol. The van der Waals surface area contributed by atoms with Gasteiger partial charge in [0.15, 0.2) is 0 Å². The molecule has 2 nitrogen and oxygen atoms in total. The highest BCUT2D eigenvalue weighted by Gasteiger charge is 2.12. The zero-order valence-electron chi connectivity index (χ0n) is 12.1. The molecule has 0 spiro atoms. The Hall–Kier alpha value is -1.83. The van der Waals surface area contributed by atoms with E-state index in [2.05, 4.69) is 55.1 Å². The molecule has 0 radical (unpaired) electrons. The van der Waals surface area contributed by atoms with Crippen LogP contribution in [0.25, 0.3) is 5.69 Å². The topological polar surface area (TPSA) is 22.0 Å². The Morgan fingerprint density at radius 1 is 1.11 bits per heavy atom. The van der Waals surface area contributed by atoms with Crippen LogP contribution in [0.15, 0.2) is 36.7 Å². The lowest BCUT2D eigenvalue weighted by molar-refractivity contribution is -0.121. The second kappa shape index (κ2) is 5.43. The van der Waals surface area contributed by atoms with Crippen LogP contribution in [-0.4, -0.2) is 10.4 Å². The molecule has 0 atom stereocenters. The van der Waals surface area contributed by atoms with Crippen molar-refractivity contribution in [3.05, 3.63) is 53.3 Å². The van der Waals surface area contributed by atoms with Gasteiger partial charge in [-0.15, -0.1) is 0 Å². The van der Waals surface area contributed by atoms with Crippen molar-refractivity contribution < 1.29 is 4.79 Å². The number of ketones is 1. The number of nitrogens with zero attached hydrogens (tertiary/aromatic N) is 1. The average molecular weight is 255 g/mol. The van der Waals surface area contributed by atoms with E-state index in [0.717, 1.165) is 11.3 Å². The number of carbonyl (C=O) groups excluding carboxylic acids is 1. The van der Waals surface area contributed by atoms with E-state index in [-0.39, 0.29) is 5.92 Å². The van der Waals surface area contributed by atoms with E-state index in [1.165, 1.54) is 11.1 Å². The lowest BCUT2D eigenvalue weighted by Gasteiger charge is -2.04. The van der Waals surface area contributed by atoms with E-state index in [4.69, 9.17) is 0 Å². The van der Waals surface area contributed by atoms with Crippen LogP contribution in [0.3, 0.4) is 0 Å². The summed E-state index contributed by atoms with van der Waals surface area (Å²) in [6.07, 6.45) is 4.69. The van der Waals surface area contributed by atoms with Crippen LogP contribution in [0.5, 0.6) is 0 Å². The zero-order chi connectivity index (χ0) is 14.0. The Labute approximate surface area is 115 Å². The van der Waals surface area contributed by atoms with Gasteiger partial charge in [0.25, 0.3) is 0 Å². The lowest BCUT2D eigenvalue weighted by atomic mass is 10.0. The van der Waals surface area contributed by atoms with Crippen molar-refractivity contribution >= 4 is 5.78 Å². The summed E-state index contributed by atoms with van der Waals surface area (Å²) in [7, 11) is 0. The van der Waals surface area contributed by atoms with Crippen LogP contribution >= 0.6 is 0 Å². The van der Waals surface area contributed by atoms with E-state index in [0.29, 0.717) is 12.2 Å². The van der Waals surface area contributed by atoms with Gasteiger partial charge in [-0.25, -0.2) is 0 Å². The summed E-state index contributed by atoms with van der Waals surface area (Å²) in [6.45, 7) is 8.05. The summed E-state index contributed by atoms with van der Waals surface area (Å²) in [5.41, 5.74) is 4.69. The summed E-state index contributed by atoms with van der Waals surface area (Å²) < 4.78 is 2.09. The third-order valence-corrected chi connectivity index (χ3v) is 3.47. The number of hydrogen-bond acceptors (Lipinski definition) is 1. The van der Waals surface area contributed by atoms with Gasteiger partial charge in [0.1, 0.15) is 5.78 Å². The van der Waals surface area contributed by atoms with E-state index < -0.39 is 0 Å². The highest BCUT2D eigenvalue weighted by atomic mass is 16.1. The fourth-order valence-corrected chi connectivity index (χ4v) is 2.04. The number of rotatable bonds is 4.